The molecule has 0 saturated heterocycles. The van der Waals surface area contributed by atoms with Crippen LogP contribution in [0.1, 0.15) is 30.0 Å². The Kier molecular flexibility index (Phi) is 3.23. The SMILES string of the molecule is Cc1ccc(-c2csc(C(C)(C)C#N)n2)c(C)c1. The number of hydrogen-bond donors (Lipinski definition) is 0. The minimum absolute atomic E-state index is 0.512. The molecule has 0 aliphatic heterocycles. The highest BCUT2D eigenvalue weighted by molar-refractivity contribution is 7.10. The molecule has 1 aromatic heterocycles. The van der Waals surface area contributed by atoms with Crippen molar-refractivity contribution >= 4 is 11.3 Å². The number of rotatable bonds is 2. The second kappa shape index (κ2) is 4.55. The van der Waals surface area contributed by atoms with Crippen LogP contribution in [0.4, 0.5) is 0 Å². The van der Waals surface area contributed by atoms with Crippen LogP contribution in [-0.4, -0.2) is 4.98 Å². The van der Waals surface area contributed by atoms with E-state index in [2.05, 4.69) is 43.1 Å². The van der Waals surface area contributed by atoms with E-state index >= 15 is 0 Å². The Balaban J connectivity index is 2.45. The number of thiazole rings is 1. The van der Waals surface area contributed by atoms with Gasteiger partial charge in [0.1, 0.15) is 10.4 Å². The van der Waals surface area contributed by atoms with Gasteiger partial charge in [0.15, 0.2) is 0 Å². The summed E-state index contributed by atoms with van der Waals surface area (Å²) in [4.78, 5) is 4.61. The molecule has 0 aliphatic carbocycles. The topological polar surface area (TPSA) is 36.7 Å². The zero-order valence-corrected chi connectivity index (χ0v) is 11.9. The summed E-state index contributed by atoms with van der Waals surface area (Å²) in [6.07, 6.45) is 0. The highest BCUT2D eigenvalue weighted by Crippen LogP contribution is 2.31. The van der Waals surface area contributed by atoms with Crippen molar-refractivity contribution in [1.29, 1.82) is 5.26 Å². The first kappa shape index (κ1) is 12.8. The standard InChI is InChI=1S/C15H16N2S/c1-10-5-6-12(11(2)7-10)13-8-18-14(17-13)15(3,4)9-16/h5-8H,1-4H3. The molecule has 92 valence electrons. The number of aromatic nitrogens is 1. The quantitative estimate of drug-likeness (QED) is 0.806. The molecule has 2 nitrogen and oxygen atoms in total. The van der Waals surface area contributed by atoms with Gasteiger partial charge in [0, 0.05) is 10.9 Å². The second-order valence-electron chi connectivity index (χ2n) is 5.09. The molecule has 0 atom stereocenters. The third-order valence-electron chi connectivity index (χ3n) is 2.98. The lowest BCUT2D eigenvalue weighted by molar-refractivity contribution is 0.680. The molecule has 0 N–H and O–H groups in total. The number of hydrogen-bond acceptors (Lipinski definition) is 3. The Morgan fingerprint density at radius 2 is 2.00 bits per heavy atom. The fourth-order valence-electron chi connectivity index (χ4n) is 1.83. The van der Waals surface area contributed by atoms with E-state index in [1.165, 1.54) is 11.1 Å². The van der Waals surface area contributed by atoms with Gasteiger partial charge < -0.3 is 0 Å². The normalized spacial score (nSPS) is 11.3. The van der Waals surface area contributed by atoms with E-state index in [0.29, 0.717) is 0 Å². The molecule has 2 rings (SSSR count). The molecule has 3 heteroatoms. The summed E-state index contributed by atoms with van der Waals surface area (Å²) in [6.45, 7) is 7.98. The van der Waals surface area contributed by atoms with Crippen molar-refractivity contribution in [1.82, 2.24) is 4.98 Å². The van der Waals surface area contributed by atoms with Gasteiger partial charge in [-0.1, -0.05) is 23.8 Å². The van der Waals surface area contributed by atoms with Crippen LogP contribution in [0.5, 0.6) is 0 Å². The molecule has 0 amide bonds. The summed E-state index contributed by atoms with van der Waals surface area (Å²) in [6, 6.07) is 8.64. The zero-order valence-electron chi connectivity index (χ0n) is 11.1. The Bertz CT molecular complexity index is 618. The lowest BCUT2D eigenvalue weighted by atomic mass is 9.97. The molecular weight excluding hydrogens is 240 g/mol. The smallest absolute Gasteiger partial charge is 0.113 e. The first-order valence-corrected chi connectivity index (χ1v) is 6.77. The average molecular weight is 256 g/mol. The highest BCUT2D eigenvalue weighted by atomic mass is 32.1. The predicted molar refractivity (Wildman–Crippen MR) is 75.7 cm³/mol. The molecule has 18 heavy (non-hydrogen) atoms. The van der Waals surface area contributed by atoms with E-state index in [1.54, 1.807) is 11.3 Å². The summed E-state index contributed by atoms with van der Waals surface area (Å²) >= 11 is 1.56. The van der Waals surface area contributed by atoms with Crippen molar-refractivity contribution in [2.75, 3.05) is 0 Å². The van der Waals surface area contributed by atoms with Crippen LogP contribution >= 0.6 is 11.3 Å². The van der Waals surface area contributed by atoms with E-state index in [-0.39, 0.29) is 0 Å². The highest BCUT2D eigenvalue weighted by Gasteiger charge is 2.24. The molecular formula is C15H16N2S. The molecule has 1 aromatic carbocycles. The van der Waals surface area contributed by atoms with Crippen LogP contribution in [0, 0.1) is 25.2 Å². The minimum Gasteiger partial charge on any atom is -0.240 e. The number of benzene rings is 1. The fourth-order valence-corrected chi connectivity index (χ4v) is 2.73. The van der Waals surface area contributed by atoms with Gasteiger partial charge in [-0.2, -0.15) is 5.26 Å². The maximum absolute atomic E-state index is 9.13. The van der Waals surface area contributed by atoms with Crippen molar-refractivity contribution in [3.63, 3.8) is 0 Å². The summed E-state index contributed by atoms with van der Waals surface area (Å²) in [5.41, 5.74) is 4.08. The van der Waals surface area contributed by atoms with E-state index in [1.807, 2.05) is 19.2 Å². The van der Waals surface area contributed by atoms with Gasteiger partial charge in [0.05, 0.1) is 11.8 Å². The minimum atomic E-state index is -0.512. The lowest BCUT2D eigenvalue weighted by Gasteiger charge is -2.10. The van der Waals surface area contributed by atoms with Gasteiger partial charge in [0.25, 0.3) is 0 Å². The molecule has 2 aromatic rings. The summed E-state index contributed by atoms with van der Waals surface area (Å²) < 4.78 is 0. The number of nitriles is 1. The van der Waals surface area contributed by atoms with Crippen LogP contribution < -0.4 is 0 Å². The maximum atomic E-state index is 9.13. The zero-order chi connectivity index (χ0) is 13.3. The maximum Gasteiger partial charge on any atom is 0.113 e. The monoisotopic (exact) mass is 256 g/mol. The average Bonchev–Trinajstić information content (AvgIpc) is 2.79. The van der Waals surface area contributed by atoms with Crippen LogP contribution in [0.2, 0.25) is 0 Å². The molecule has 0 unspecified atom stereocenters. The first-order valence-electron chi connectivity index (χ1n) is 5.89. The van der Waals surface area contributed by atoms with Crippen molar-refractivity contribution in [2.45, 2.75) is 33.1 Å². The number of nitrogens with zero attached hydrogens (tertiary/aromatic N) is 2. The van der Waals surface area contributed by atoms with Crippen LogP contribution in [0.15, 0.2) is 23.6 Å². The third kappa shape index (κ3) is 2.30. The van der Waals surface area contributed by atoms with Gasteiger partial charge in [-0.25, -0.2) is 4.98 Å². The van der Waals surface area contributed by atoms with Gasteiger partial charge in [0.2, 0.25) is 0 Å². The van der Waals surface area contributed by atoms with Crippen molar-refractivity contribution in [2.24, 2.45) is 0 Å². The van der Waals surface area contributed by atoms with Crippen molar-refractivity contribution in [3.05, 3.63) is 39.7 Å². The predicted octanol–water partition coefficient (Wildman–Crippen LogP) is 4.23. The Morgan fingerprint density at radius 3 is 2.61 bits per heavy atom. The van der Waals surface area contributed by atoms with Gasteiger partial charge >= 0.3 is 0 Å². The van der Waals surface area contributed by atoms with Gasteiger partial charge in [-0.3, -0.25) is 0 Å². The summed E-state index contributed by atoms with van der Waals surface area (Å²) in [5.74, 6) is 0. The van der Waals surface area contributed by atoms with E-state index in [9.17, 15) is 0 Å². The van der Waals surface area contributed by atoms with E-state index in [0.717, 1.165) is 16.3 Å². The summed E-state index contributed by atoms with van der Waals surface area (Å²) in [5, 5.41) is 12.0. The number of aryl methyl sites for hydroxylation is 2. The molecule has 0 aliphatic rings. The van der Waals surface area contributed by atoms with Crippen molar-refractivity contribution < 1.29 is 0 Å². The largest absolute Gasteiger partial charge is 0.240 e. The molecule has 0 radical (unpaired) electrons. The second-order valence-corrected chi connectivity index (χ2v) is 5.95. The Labute approximate surface area is 112 Å². The fraction of sp³-hybridized carbons (Fsp3) is 0.333. The lowest BCUT2D eigenvalue weighted by Crippen LogP contribution is -2.13. The molecule has 0 spiro atoms. The van der Waals surface area contributed by atoms with Crippen LogP contribution in [-0.2, 0) is 5.41 Å². The Morgan fingerprint density at radius 1 is 1.28 bits per heavy atom. The first-order chi connectivity index (χ1) is 8.44. The summed E-state index contributed by atoms with van der Waals surface area (Å²) in [7, 11) is 0. The Hall–Kier alpha value is -1.66. The molecule has 1 heterocycles. The van der Waals surface area contributed by atoms with Gasteiger partial charge in [-0.05, 0) is 33.3 Å². The van der Waals surface area contributed by atoms with E-state index < -0.39 is 5.41 Å². The van der Waals surface area contributed by atoms with Crippen molar-refractivity contribution in [3.8, 4) is 17.3 Å². The van der Waals surface area contributed by atoms with E-state index in [4.69, 9.17) is 5.26 Å². The molecule has 0 bridgehead atoms. The van der Waals surface area contributed by atoms with Crippen LogP contribution in [0.25, 0.3) is 11.3 Å². The molecule has 0 fully saturated rings. The van der Waals surface area contributed by atoms with Crippen LogP contribution in [0.3, 0.4) is 0 Å². The molecule has 0 saturated carbocycles. The van der Waals surface area contributed by atoms with Gasteiger partial charge in [-0.15, -0.1) is 11.3 Å². The third-order valence-corrected chi connectivity index (χ3v) is 4.14.